The van der Waals surface area contributed by atoms with Gasteiger partial charge in [0, 0.05) is 18.2 Å². The summed E-state index contributed by atoms with van der Waals surface area (Å²) in [6.45, 7) is 4.42. The number of methoxy groups -OCH3 is 1. The third-order valence-corrected chi connectivity index (χ3v) is 5.90. The van der Waals surface area contributed by atoms with Gasteiger partial charge in [0.15, 0.2) is 11.0 Å². The van der Waals surface area contributed by atoms with Gasteiger partial charge in [0.2, 0.25) is 5.91 Å². The highest BCUT2D eigenvalue weighted by atomic mass is 32.2. The van der Waals surface area contributed by atoms with Crippen LogP contribution in [0.3, 0.4) is 0 Å². The number of carbonyl (C=O) groups is 1. The minimum absolute atomic E-state index is 0.0658. The average Bonchev–Trinajstić information content (AvgIpc) is 2.93. The van der Waals surface area contributed by atoms with Crippen LogP contribution < -0.4 is 10.1 Å². The Balaban J connectivity index is 1.65. The van der Waals surface area contributed by atoms with Crippen LogP contribution in [0.1, 0.15) is 38.5 Å². The van der Waals surface area contributed by atoms with Crippen LogP contribution in [0.2, 0.25) is 0 Å². The van der Waals surface area contributed by atoms with E-state index in [4.69, 9.17) is 4.74 Å². The third kappa shape index (κ3) is 5.38. The molecule has 1 aliphatic rings. The number of thioether (sulfide) groups is 1. The summed E-state index contributed by atoms with van der Waals surface area (Å²) < 4.78 is 7.20. The van der Waals surface area contributed by atoms with Crippen LogP contribution in [0.4, 0.5) is 0 Å². The van der Waals surface area contributed by atoms with Crippen LogP contribution >= 0.6 is 11.8 Å². The minimum Gasteiger partial charge on any atom is -0.497 e. The molecule has 3 rings (SSSR count). The van der Waals surface area contributed by atoms with Gasteiger partial charge >= 0.3 is 0 Å². The van der Waals surface area contributed by atoms with Crippen LogP contribution in [-0.2, 0) is 11.3 Å². The lowest BCUT2D eigenvalue weighted by molar-refractivity contribution is -0.119. The van der Waals surface area contributed by atoms with Crippen molar-refractivity contribution in [3.63, 3.8) is 0 Å². The van der Waals surface area contributed by atoms with Gasteiger partial charge in [-0.25, -0.2) is 0 Å². The second kappa shape index (κ2) is 10.3. The van der Waals surface area contributed by atoms with Crippen molar-refractivity contribution in [1.82, 2.24) is 20.1 Å². The number of nitrogens with zero attached hydrogens (tertiary/aromatic N) is 3. The molecule has 0 saturated heterocycles. The van der Waals surface area contributed by atoms with Gasteiger partial charge in [0.05, 0.1) is 12.9 Å². The van der Waals surface area contributed by atoms with Crippen molar-refractivity contribution >= 4 is 17.7 Å². The number of allylic oxidation sites excluding steroid dienone is 1. The zero-order chi connectivity index (χ0) is 19.8. The summed E-state index contributed by atoms with van der Waals surface area (Å²) in [6, 6.07) is 8.02. The summed E-state index contributed by atoms with van der Waals surface area (Å²) in [7, 11) is 1.64. The van der Waals surface area contributed by atoms with Gasteiger partial charge in [-0.1, -0.05) is 43.5 Å². The molecule has 28 heavy (non-hydrogen) atoms. The van der Waals surface area contributed by atoms with Gasteiger partial charge in [0.25, 0.3) is 0 Å². The maximum absolute atomic E-state index is 12.4. The second-order valence-electron chi connectivity index (χ2n) is 6.98. The SMILES string of the molecule is C=CCn1c(SCC(=O)NC2CCCCCC2)nnc1-c1ccc(OC)cc1. The van der Waals surface area contributed by atoms with E-state index in [2.05, 4.69) is 22.1 Å². The van der Waals surface area contributed by atoms with Gasteiger partial charge in [-0.3, -0.25) is 9.36 Å². The first-order valence-corrected chi connectivity index (χ1v) is 10.8. The Hall–Kier alpha value is -2.28. The quantitative estimate of drug-likeness (QED) is 0.411. The molecule has 1 N–H and O–H groups in total. The number of nitrogens with one attached hydrogen (secondary N) is 1. The molecule has 1 aromatic heterocycles. The maximum Gasteiger partial charge on any atom is 0.230 e. The number of aromatic nitrogens is 3. The Morgan fingerprint density at radius 3 is 2.61 bits per heavy atom. The van der Waals surface area contributed by atoms with Crippen molar-refractivity contribution in [2.24, 2.45) is 0 Å². The minimum atomic E-state index is 0.0658. The molecule has 150 valence electrons. The molecular weight excluding hydrogens is 372 g/mol. The number of rotatable bonds is 8. The van der Waals surface area contributed by atoms with Crippen molar-refractivity contribution in [2.75, 3.05) is 12.9 Å². The van der Waals surface area contributed by atoms with E-state index >= 15 is 0 Å². The average molecular weight is 401 g/mol. The fourth-order valence-corrected chi connectivity index (χ4v) is 4.22. The highest BCUT2D eigenvalue weighted by molar-refractivity contribution is 7.99. The van der Waals surface area contributed by atoms with Crippen molar-refractivity contribution in [3.8, 4) is 17.1 Å². The number of carbonyl (C=O) groups excluding carboxylic acids is 1. The zero-order valence-electron chi connectivity index (χ0n) is 16.4. The molecule has 1 amide bonds. The van der Waals surface area contributed by atoms with Crippen LogP contribution in [0.5, 0.6) is 5.75 Å². The Kier molecular flexibility index (Phi) is 7.54. The number of ether oxygens (including phenoxy) is 1. The molecule has 2 aromatic rings. The van der Waals surface area contributed by atoms with Crippen LogP contribution in [0.25, 0.3) is 11.4 Å². The molecule has 1 fully saturated rings. The molecule has 0 bridgehead atoms. The van der Waals surface area contributed by atoms with E-state index in [1.54, 1.807) is 7.11 Å². The lowest BCUT2D eigenvalue weighted by atomic mass is 10.1. The van der Waals surface area contributed by atoms with Gasteiger partial charge in [0.1, 0.15) is 5.75 Å². The number of amides is 1. The molecule has 0 unspecified atom stereocenters. The molecule has 0 atom stereocenters. The van der Waals surface area contributed by atoms with E-state index in [1.165, 1.54) is 37.4 Å². The first-order valence-electron chi connectivity index (χ1n) is 9.82. The van der Waals surface area contributed by atoms with Crippen LogP contribution in [-0.4, -0.2) is 39.6 Å². The summed E-state index contributed by atoms with van der Waals surface area (Å²) in [4.78, 5) is 12.4. The highest BCUT2D eigenvalue weighted by Crippen LogP contribution is 2.26. The lowest BCUT2D eigenvalue weighted by Crippen LogP contribution is -2.35. The standard InChI is InChI=1S/C21H28N4O2S/c1-3-14-25-20(16-10-12-18(27-2)13-11-16)23-24-21(25)28-15-19(26)22-17-8-6-4-5-7-9-17/h3,10-13,17H,1,4-9,14-15H2,2H3,(H,22,26). The highest BCUT2D eigenvalue weighted by Gasteiger charge is 2.17. The van der Waals surface area contributed by atoms with Crippen molar-refractivity contribution in [3.05, 3.63) is 36.9 Å². The second-order valence-corrected chi connectivity index (χ2v) is 7.92. The zero-order valence-corrected chi connectivity index (χ0v) is 17.2. The molecule has 0 radical (unpaired) electrons. The Bertz CT molecular complexity index is 780. The molecule has 1 aliphatic carbocycles. The van der Waals surface area contributed by atoms with Gasteiger partial charge in [-0.15, -0.1) is 16.8 Å². The summed E-state index contributed by atoms with van der Waals surface area (Å²) in [5.74, 6) is 1.96. The summed E-state index contributed by atoms with van der Waals surface area (Å²) in [5.41, 5.74) is 0.949. The topological polar surface area (TPSA) is 69.0 Å². The molecule has 0 spiro atoms. The van der Waals surface area contributed by atoms with Crippen LogP contribution in [0, 0.1) is 0 Å². The van der Waals surface area contributed by atoms with E-state index < -0.39 is 0 Å². The molecule has 1 saturated carbocycles. The monoisotopic (exact) mass is 400 g/mol. The van der Waals surface area contributed by atoms with E-state index in [0.717, 1.165) is 35.1 Å². The molecule has 1 aromatic carbocycles. The predicted octanol–water partition coefficient (Wildman–Crippen LogP) is 4.07. The largest absolute Gasteiger partial charge is 0.497 e. The van der Waals surface area contributed by atoms with E-state index in [-0.39, 0.29) is 5.91 Å². The Morgan fingerprint density at radius 1 is 1.25 bits per heavy atom. The number of hydrogen-bond acceptors (Lipinski definition) is 5. The van der Waals surface area contributed by atoms with Crippen LogP contribution in [0.15, 0.2) is 42.1 Å². The van der Waals surface area contributed by atoms with Gasteiger partial charge in [-0.2, -0.15) is 0 Å². The van der Waals surface area contributed by atoms with Gasteiger partial charge in [-0.05, 0) is 37.1 Å². The number of hydrogen-bond donors (Lipinski definition) is 1. The lowest BCUT2D eigenvalue weighted by Gasteiger charge is -2.16. The number of benzene rings is 1. The summed E-state index contributed by atoms with van der Waals surface area (Å²) >= 11 is 1.42. The predicted molar refractivity (Wildman–Crippen MR) is 113 cm³/mol. The maximum atomic E-state index is 12.4. The fraction of sp³-hybridized carbons (Fsp3) is 0.476. The van der Waals surface area contributed by atoms with E-state index in [1.807, 2.05) is 34.9 Å². The summed E-state index contributed by atoms with van der Waals surface area (Å²) in [5, 5.41) is 12.5. The molecule has 0 aliphatic heterocycles. The van der Waals surface area contributed by atoms with E-state index in [0.29, 0.717) is 18.3 Å². The molecule has 7 heteroatoms. The first kappa shape index (κ1) is 20.5. The van der Waals surface area contributed by atoms with E-state index in [9.17, 15) is 4.79 Å². The van der Waals surface area contributed by atoms with Crippen molar-refractivity contribution in [1.29, 1.82) is 0 Å². The Labute approximate surface area is 170 Å². The molecule has 1 heterocycles. The first-order chi connectivity index (χ1) is 13.7. The van der Waals surface area contributed by atoms with Crippen molar-refractivity contribution < 1.29 is 9.53 Å². The summed E-state index contributed by atoms with van der Waals surface area (Å²) in [6.07, 6.45) is 8.95. The molecule has 6 nitrogen and oxygen atoms in total. The Morgan fingerprint density at radius 2 is 1.96 bits per heavy atom. The molecular formula is C21H28N4O2S. The third-order valence-electron chi connectivity index (χ3n) is 4.93. The fourth-order valence-electron chi connectivity index (χ4n) is 3.47. The normalized spacial score (nSPS) is 15.0. The van der Waals surface area contributed by atoms with Gasteiger partial charge < -0.3 is 10.1 Å². The smallest absolute Gasteiger partial charge is 0.230 e. The van der Waals surface area contributed by atoms with Crippen molar-refractivity contribution in [2.45, 2.75) is 56.3 Å².